The quantitative estimate of drug-likeness (QED) is 0.137. The summed E-state index contributed by atoms with van der Waals surface area (Å²) >= 11 is 0. The van der Waals surface area contributed by atoms with E-state index in [1.54, 1.807) is 48.5 Å². The summed E-state index contributed by atoms with van der Waals surface area (Å²) in [5, 5.41) is 19.8. The summed E-state index contributed by atoms with van der Waals surface area (Å²) in [6, 6.07) is 16.3. The normalized spacial score (nSPS) is 10.8. The van der Waals surface area contributed by atoms with Gasteiger partial charge in [0.15, 0.2) is 0 Å². The van der Waals surface area contributed by atoms with Crippen LogP contribution in [0.2, 0.25) is 0 Å². The third kappa shape index (κ3) is 4.35. The van der Waals surface area contributed by atoms with Crippen LogP contribution in [-0.4, -0.2) is 16.7 Å². The summed E-state index contributed by atoms with van der Waals surface area (Å²) in [6.07, 6.45) is 2.77. The lowest BCUT2D eigenvalue weighted by molar-refractivity contribution is -0.384. The summed E-state index contributed by atoms with van der Waals surface area (Å²) in [5.74, 6) is -0.187. The first-order valence-corrected chi connectivity index (χ1v) is 7.95. The molecule has 3 aromatic carbocycles. The van der Waals surface area contributed by atoms with E-state index < -0.39 is 10.9 Å². The number of amidine groups is 1. The highest BCUT2D eigenvalue weighted by Gasteiger charge is 2.05. The predicted octanol–water partition coefficient (Wildman–Crippen LogP) is 3.65. The number of benzene rings is 3. The van der Waals surface area contributed by atoms with E-state index in [4.69, 9.17) is 15.9 Å². The van der Waals surface area contributed by atoms with Gasteiger partial charge in [-0.15, -0.1) is 0 Å². The van der Waals surface area contributed by atoms with Gasteiger partial charge in [-0.1, -0.05) is 18.2 Å². The van der Waals surface area contributed by atoms with E-state index in [9.17, 15) is 14.9 Å². The summed E-state index contributed by atoms with van der Waals surface area (Å²) in [7, 11) is 0. The monoisotopic (exact) mass is 361 g/mol. The van der Waals surface area contributed by atoms with Crippen molar-refractivity contribution in [3.63, 3.8) is 0 Å². The Morgan fingerprint density at radius 1 is 1.04 bits per heavy atom. The van der Waals surface area contributed by atoms with Gasteiger partial charge in [0, 0.05) is 23.8 Å². The molecule has 7 heteroatoms. The number of non-ortho nitro benzene ring substituents is 1. The second-order valence-corrected chi connectivity index (χ2v) is 5.74. The fraction of sp³-hybridized carbons (Fsp3) is 0. The number of nitrogens with one attached hydrogen (secondary N) is 1. The summed E-state index contributed by atoms with van der Waals surface area (Å²) in [5.41, 5.74) is 6.73. The van der Waals surface area contributed by atoms with Crippen molar-refractivity contribution in [1.29, 1.82) is 5.41 Å². The van der Waals surface area contributed by atoms with Crippen LogP contribution in [0.25, 0.3) is 16.8 Å². The fourth-order valence-electron chi connectivity index (χ4n) is 2.48. The third-order valence-corrected chi connectivity index (χ3v) is 3.86. The Balaban J connectivity index is 1.70. The maximum Gasteiger partial charge on any atom is 0.336 e. The molecule has 7 nitrogen and oxygen atoms in total. The van der Waals surface area contributed by atoms with Gasteiger partial charge in [0.05, 0.1) is 4.92 Å². The molecule has 0 aliphatic heterocycles. The van der Waals surface area contributed by atoms with Crippen molar-refractivity contribution >= 4 is 34.3 Å². The van der Waals surface area contributed by atoms with Gasteiger partial charge in [0.2, 0.25) is 0 Å². The summed E-state index contributed by atoms with van der Waals surface area (Å²) < 4.78 is 5.28. The number of ether oxygens (including phenoxy) is 1. The minimum atomic E-state index is -0.562. The van der Waals surface area contributed by atoms with Crippen molar-refractivity contribution in [3.05, 3.63) is 88.0 Å². The molecule has 0 bridgehead atoms. The van der Waals surface area contributed by atoms with Gasteiger partial charge in [0.1, 0.15) is 11.6 Å². The number of fused-ring (bicyclic) bond motifs is 1. The Labute approximate surface area is 154 Å². The van der Waals surface area contributed by atoms with Gasteiger partial charge >= 0.3 is 5.97 Å². The van der Waals surface area contributed by atoms with Crippen LogP contribution in [-0.2, 0) is 4.79 Å². The number of nitrogen functional groups attached to an aromatic ring is 1. The van der Waals surface area contributed by atoms with Crippen molar-refractivity contribution in [2.75, 3.05) is 0 Å². The van der Waals surface area contributed by atoms with Crippen LogP contribution in [0.4, 0.5) is 5.69 Å². The van der Waals surface area contributed by atoms with Crippen molar-refractivity contribution in [3.8, 4) is 5.75 Å². The van der Waals surface area contributed by atoms with Gasteiger partial charge in [-0.2, -0.15) is 0 Å². The molecule has 0 atom stereocenters. The zero-order valence-corrected chi connectivity index (χ0v) is 14.1. The number of hydrogen-bond donors (Lipinski definition) is 2. The molecule has 134 valence electrons. The fourth-order valence-corrected chi connectivity index (χ4v) is 2.48. The average molecular weight is 361 g/mol. The Hall–Kier alpha value is -4.00. The Morgan fingerprint density at radius 2 is 1.70 bits per heavy atom. The van der Waals surface area contributed by atoms with Crippen molar-refractivity contribution in [2.24, 2.45) is 5.73 Å². The second kappa shape index (κ2) is 7.49. The summed E-state index contributed by atoms with van der Waals surface area (Å²) in [6.45, 7) is 0. The maximum atomic E-state index is 12.0. The van der Waals surface area contributed by atoms with Crippen LogP contribution in [0.15, 0.2) is 66.7 Å². The standard InChI is InChI=1S/C20H15N3O4/c21-20(22)16-5-4-15-12-18(9-6-14(15)11-16)27-19(24)10-3-13-1-7-17(8-2-13)23(25)26/h1-12H,(H3,21,22). The molecule has 0 radical (unpaired) electrons. The Morgan fingerprint density at radius 3 is 2.37 bits per heavy atom. The first-order chi connectivity index (χ1) is 12.9. The van der Waals surface area contributed by atoms with Crippen LogP contribution < -0.4 is 10.5 Å². The largest absolute Gasteiger partial charge is 0.423 e. The number of nitro groups is 1. The molecule has 0 aliphatic carbocycles. The number of nitro benzene ring substituents is 1. The SMILES string of the molecule is N=C(N)c1ccc2cc(OC(=O)C=Cc3ccc([N+](=O)[O-])cc3)ccc2c1. The van der Waals surface area contributed by atoms with Crippen LogP contribution >= 0.6 is 0 Å². The van der Waals surface area contributed by atoms with Gasteiger partial charge in [0.25, 0.3) is 5.69 Å². The number of carbonyl (C=O) groups excluding carboxylic acids is 1. The molecule has 0 aromatic heterocycles. The van der Waals surface area contributed by atoms with E-state index in [1.807, 2.05) is 0 Å². The molecule has 0 unspecified atom stereocenters. The number of esters is 1. The minimum Gasteiger partial charge on any atom is -0.423 e. The highest BCUT2D eigenvalue weighted by Crippen LogP contribution is 2.22. The van der Waals surface area contributed by atoms with Crippen molar-refractivity contribution in [1.82, 2.24) is 0 Å². The van der Waals surface area contributed by atoms with Crippen molar-refractivity contribution in [2.45, 2.75) is 0 Å². The van der Waals surface area contributed by atoms with E-state index in [0.29, 0.717) is 16.9 Å². The molecule has 0 fully saturated rings. The van der Waals surface area contributed by atoms with Crippen LogP contribution in [0.1, 0.15) is 11.1 Å². The molecule has 0 saturated heterocycles. The zero-order chi connectivity index (χ0) is 19.4. The first-order valence-electron chi connectivity index (χ1n) is 7.95. The van der Waals surface area contributed by atoms with E-state index in [-0.39, 0.29) is 11.5 Å². The lowest BCUT2D eigenvalue weighted by Crippen LogP contribution is -2.10. The molecule has 0 spiro atoms. The van der Waals surface area contributed by atoms with Gasteiger partial charge in [-0.05, 0) is 52.7 Å². The van der Waals surface area contributed by atoms with E-state index in [1.165, 1.54) is 24.3 Å². The van der Waals surface area contributed by atoms with E-state index >= 15 is 0 Å². The molecule has 0 aliphatic rings. The molecule has 3 rings (SSSR count). The highest BCUT2D eigenvalue weighted by atomic mass is 16.6. The molecular formula is C20H15N3O4. The van der Waals surface area contributed by atoms with E-state index in [2.05, 4.69) is 0 Å². The smallest absolute Gasteiger partial charge is 0.336 e. The number of rotatable bonds is 5. The Kier molecular flexibility index (Phi) is 4.94. The van der Waals surface area contributed by atoms with Crippen molar-refractivity contribution < 1.29 is 14.5 Å². The predicted molar refractivity (Wildman–Crippen MR) is 103 cm³/mol. The molecule has 0 heterocycles. The maximum absolute atomic E-state index is 12.0. The second-order valence-electron chi connectivity index (χ2n) is 5.74. The van der Waals surface area contributed by atoms with Gasteiger partial charge < -0.3 is 10.5 Å². The van der Waals surface area contributed by atoms with Crippen LogP contribution in [0.3, 0.4) is 0 Å². The number of nitrogens with zero attached hydrogens (tertiary/aromatic N) is 1. The van der Waals surface area contributed by atoms with Crippen LogP contribution in [0.5, 0.6) is 5.75 Å². The lowest BCUT2D eigenvalue weighted by Gasteiger charge is -2.05. The molecule has 0 amide bonds. The molecular weight excluding hydrogens is 346 g/mol. The topological polar surface area (TPSA) is 119 Å². The van der Waals surface area contributed by atoms with Gasteiger partial charge in [-0.3, -0.25) is 15.5 Å². The number of nitrogens with two attached hydrogens (primary N) is 1. The Bertz CT molecular complexity index is 1070. The van der Waals surface area contributed by atoms with Crippen LogP contribution in [0, 0.1) is 15.5 Å². The molecule has 3 aromatic rings. The highest BCUT2D eigenvalue weighted by molar-refractivity contribution is 5.99. The third-order valence-electron chi connectivity index (χ3n) is 3.86. The number of hydrogen-bond acceptors (Lipinski definition) is 5. The molecule has 27 heavy (non-hydrogen) atoms. The first kappa shape index (κ1) is 17.8. The average Bonchev–Trinajstić information content (AvgIpc) is 2.66. The lowest BCUT2D eigenvalue weighted by atomic mass is 10.1. The number of carbonyl (C=O) groups is 1. The minimum absolute atomic E-state index is 0.0104. The van der Waals surface area contributed by atoms with Gasteiger partial charge in [-0.25, -0.2) is 4.79 Å². The zero-order valence-electron chi connectivity index (χ0n) is 14.1. The summed E-state index contributed by atoms with van der Waals surface area (Å²) in [4.78, 5) is 22.1. The van der Waals surface area contributed by atoms with E-state index in [0.717, 1.165) is 10.8 Å². The molecule has 0 saturated carbocycles. The molecule has 3 N–H and O–H groups in total.